The van der Waals surface area contributed by atoms with E-state index in [4.69, 9.17) is 15.2 Å². The smallest absolute Gasteiger partial charge is 0.0611 e. The molecule has 19 heavy (non-hydrogen) atoms. The van der Waals surface area contributed by atoms with Crippen molar-refractivity contribution in [3.63, 3.8) is 0 Å². The Kier molecular flexibility index (Phi) is 7.87. The number of hydrogen-bond donors (Lipinski definition) is 2. The van der Waals surface area contributed by atoms with Crippen LogP contribution in [-0.4, -0.2) is 67.7 Å². The highest BCUT2D eigenvalue weighted by Gasteiger charge is 2.37. The quantitative estimate of drug-likeness (QED) is 0.571. The predicted molar refractivity (Wildman–Crippen MR) is 76.2 cm³/mol. The molecule has 0 heterocycles. The summed E-state index contributed by atoms with van der Waals surface area (Å²) in [5.41, 5.74) is 5.77. The van der Waals surface area contributed by atoms with Gasteiger partial charge in [0.1, 0.15) is 0 Å². The van der Waals surface area contributed by atoms with Crippen LogP contribution in [0.15, 0.2) is 0 Å². The minimum absolute atomic E-state index is 0.0776. The fourth-order valence-corrected chi connectivity index (χ4v) is 2.71. The Morgan fingerprint density at radius 1 is 1.21 bits per heavy atom. The van der Waals surface area contributed by atoms with Gasteiger partial charge in [0.2, 0.25) is 0 Å². The van der Waals surface area contributed by atoms with Gasteiger partial charge in [0.25, 0.3) is 0 Å². The van der Waals surface area contributed by atoms with Crippen LogP contribution in [0.3, 0.4) is 0 Å². The maximum absolute atomic E-state index is 9.36. The highest BCUT2D eigenvalue weighted by atomic mass is 16.5. The highest BCUT2D eigenvalue weighted by molar-refractivity contribution is 4.97. The van der Waals surface area contributed by atoms with E-state index in [-0.39, 0.29) is 12.1 Å². The highest BCUT2D eigenvalue weighted by Crippen LogP contribution is 2.30. The van der Waals surface area contributed by atoms with Gasteiger partial charge in [0.05, 0.1) is 19.8 Å². The monoisotopic (exact) mass is 274 g/mol. The molecule has 5 heteroatoms. The van der Waals surface area contributed by atoms with E-state index < -0.39 is 0 Å². The van der Waals surface area contributed by atoms with Crippen molar-refractivity contribution >= 4 is 0 Å². The minimum atomic E-state index is -0.389. The SMILES string of the molecule is CCOCCN(CCOCC)C1CCC(N)(CO)C1. The molecule has 1 aliphatic rings. The largest absolute Gasteiger partial charge is 0.394 e. The molecule has 1 aliphatic carbocycles. The number of nitrogens with two attached hydrogens (primary N) is 1. The van der Waals surface area contributed by atoms with Gasteiger partial charge in [-0.1, -0.05) is 0 Å². The van der Waals surface area contributed by atoms with Crippen molar-refractivity contribution in [2.75, 3.05) is 46.1 Å². The lowest BCUT2D eigenvalue weighted by atomic mass is 10.0. The number of hydrogen-bond acceptors (Lipinski definition) is 5. The molecule has 0 radical (unpaired) electrons. The van der Waals surface area contributed by atoms with E-state index in [9.17, 15) is 5.11 Å². The van der Waals surface area contributed by atoms with Crippen molar-refractivity contribution in [1.29, 1.82) is 0 Å². The average Bonchev–Trinajstić information content (AvgIpc) is 2.81. The van der Waals surface area contributed by atoms with Crippen molar-refractivity contribution in [1.82, 2.24) is 4.90 Å². The first kappa shape index (κ1) is 16.9. The Hall–Kier alpha value is -0.200. The van der Waals surface area contributed by atoms with Gasteiger partial charge in [-0.15, -0.1) is 0 Å². The summed E-state index contributed by atoms with van der Waals surface area (Å²) in [5, 5.41) is 9.36. The summed E-state index contributed by atoms with van der Waals surface area (Å²) in [5.74, 6) is 0. The lowest BCUT2D eigenvalue weighted by Gasteiger charge is -2.30. The van der Waals surface area contributed by atoms with Crippen molar-refractivity contribution in [2.24, 2.45) is 5.73 Å². The number of aliphatic hydroxyl groups excluding tert-OH is 1. The van der Waals surface area contributed by atoms with Gasteiger partial charge in [0.15, 0.2) is 0 Å². The van der Waals surface area contributed by atoms with E-state index in [1.807, 2.05) is 13.8 Å². The van der Waals surface area contributed by atoms with E-state index in [0.29, 0.717) is 6.04 Å². The third-order valence-electron chi connectivity index (χ3n) is 3.90. The number of ether oxygens (including phenoxy) is 2. The first-order valence-corrected chi connectivity index (χ1v) is 7.44. The topological polar surface area (TPSA) is 68.0 Å². The standard InChI is InChI=1S/C14H30N2O3/c1-3-18-9-7-16(8-10-19-4-2)13-5-6-14(15,11-13)12-17/h13,17H,3-12,15H2,1-2H3. The van der Waals surface area contributed by atoms with E-state index >= 15 is 0 Å². The fraction of sp³-hybridized carbons (Fsp3) is 1.00. The predicted octanol–water partition coefficient (Wildman–Crippen LogP) is 0.604. The first-order chi connectivity index (χ1) is 9.15. The van der Waals surface area contributed by atoms with Gasteiger partial charge < -0.3 is 20.3 Å². The second-order valence-corrected chi connectivity index (χ2v) is 5.35. The van der Waals surface area contributed by atoms with Crippen molar-refractivity contribution in [2.45, 2.75) is 44.7 Å². The first-order valence-electron chi connectivity index (χ1n) is 7.44. The van der Waals surface area contributed by atoms with E-state index in [2.05, 4.69) is 4.90 Å². The molecule has 0 aromatic carbocycles. The van der Waals surface area contributed by atoms with Gasteiger partial charge >= 0.3 is 0 Å². The van der Waals surface area contributed by atoms with Gasteiger partial charge in [-0.2, -0.15) is 0 Å². The molecule has 1 saturated carbocycles. The van der Waals surface area contributed by atoms with Crippen molar-refractivity contribution < 1.29 is 14.6 Å². The Morgan fingerprint density at radius 3 is 2.21 bits per heavy atom. The van der Waals surface area contributed by atoms with E-state index in [1.54, 1.807) is 0 Å². The molecule has 2 unspecified atom stereocenters. The zero-order valence-corrected chi connectivity index (χ0v) is 12.4. The summed E-state index contributed by atoms with van der Waals surface area (Å²) in [6, 6.07) is 0.443. The van der Waals surface area contributed by atoms with E-state index in [1.165, 1.54) is 0 Å². The number of nitrogens with zero attached hydrogens (tertiary/aromatic N) is 1. The zero-order chi connectivity index (χ0) is 14.1. The third-order valence-corrected chi connectivity index (χ3v) is 3.90. The second-order valence-electron chi connectivity index (χ2n) is 5.35. The van der Waals surface area contributed by atoms with Crippen molar-refractivity contribution in [3.05, 3.63) is 0 Å². The molecule has 0 spiro atoms. The van der Waals surface area contributed by atoms with Crippen LogP contribution in [0.1, 0.15) is 33.1 Å². The Morgan fingerprint density at radius 2 is 1.79 bits per heavy atom. The van der Waals surface area contributed by atoms with Crippen LogP contribution >= 0.6 is 0 Å². The van der Waals surface area contributed by atoms with Crippen LogP contribution in [0.5, 0.6) is 0 Å². The van der Waals surface area contributed by atoms with Gasteiger partial charge in [-0.3, -0.25) is 4.90 Å². The molecule has 2 atom stereocenters. The molecule has 0 aromatic rings. The molecule has 0 bridgehead atoms. The molecule has 0 amide bonds. The molecular weight excluding hydrogens is 244 g/mol. The molecule has 0 aromatic heterocycles. The van der Waals surface area contributed by atoms with Crippen LogP contribution in [-0.2, 0) is 9.47 Å². The maximum atomic E-state index is 9.36. The molecule has 3 N–H and O–H groups in total. The number of aliphatic hydroxyl groups is 1. The third kappa shape index (κ3) is 5.75. The maximum Gasteiger partial charge on any atom is 0.0611 e. The zero-order valence-electron chi connectivity index (χ0n) is 12.4. The molecule has 5 nitrogen and oxygen atoms in total. The summed E-state index contributed by atoms with van der Waals surface area (Å²) >= 11 is 0. The molecular formula is C14H30N2O3. The van der Waals surface area contributed by atoms with Gasteiger partial charge in [-0.05, 0) is 33.1 Å². The molecule has 114 valence electrons. The number of rotatable bonds is 10. The average molecular weight is 274 g/mol. The molecule has 0 aliphatic heterocycles. The Labute approximate surface area is 117 Å². The Bertz CT molecular complexity index is 231. The van der Waals surface area contributed by atoms with Crippen LogP contribution in [0.25, 0.3) is 0 Å². The summed E-state index contributed by atoms with van der Waals surface area (Å²) in [6.45, 7) is 8.91. The molecule has 1 rings (SSSR count). The summed E-state index contributed by atoms with van der Waals surface area (Å²) in [6.07, 6.45) is 2.81. The minimum Gasteiger partial charge on any atom is -0.394 e. The lowest BCUT2D eigenvalue weighted by Crippen LogP contribution is -2.45. The lowest BCUT2D eigenvalue weighted by molar-refractivity contribution is 0.0612. The second kappa shape index (κ2) is 8.87. The van der Waals surface area contributed by atoms with Gasteiger partial charge in [-0.25, -0.2) is 0 Å². The molecule has 1 fully saturated rings. The van der Waals surface area contributed by atoms with Crippen LogP contribution in [0, 0.1) is 0 Å². The van der Waals surface area contributed by atoms with Crippen LogP contribution in [0.4, 0.5) is 0 Å². The fourth-order valence-electron chi connectivity index (χ4n) is 2.71. The summed E-state index contributed by atoms with van der Waals surface area (Å²) < 4.78 is 10.9. The normalized spacial score (nSPS) is 27.3. The summed E-state index contributed by atoms with van der Waals surface area (Å²) in [7, 11) is 0. The molecule has 0 saturated heterocycles. The van der Waals surface area contributed by atoms with Crippen LogP contribution < -0.4 is 5.73 Å². The van der Waals surface area contributed by atoms with Crippen LogP contribution in [0.2, 0.25) is 0 Å². The Balaban J connectivity index is 2.43. The summed E-state index contributed by atoms with van der Waals surface area (Å²) in [4.78, 5) is 2.40. The van der Waals surface area contributed by atoms with E-state index in [0.717, 1.165) is 58.8 Å². The van der Waals surface area contributed by atoms with Crippen molar-refractivity contribution in [3.8, 4) is 0 Å². The van der Waals surface area contributed by atoms with Gasteiger partial charge in [0, 0.05) is 37.9 Å².